The number of benzene rings is 1. The van der Waals surface area contributed by atoms with E-state index < -0.39 is 0 Å². The van der Waals surface area contributed by atoms with Crippen LogP contribution in [0.25, 0.3) is 5.69 Å². The van der Waals surface area contributed by atoms with E-state index >= 15 is 0 Å². The van der Waals surface area contributed by atoms with E-state index in [1.165, 1.54) is 0 Å². The first-order chi connectivity index (χ1) is 11.8. The summed E-state index contributed by atoms with van der Waals surface area (Å²) < 4.78 is 7.47. The third-order valence-electron chi connectivity index (χ3n) is 4.27. The average molecular weight is 328 g/mol. The monoisotopic (exact) mass is 328 g/mol. The van der Waals surface area contributed by atoms with Gasteiger partial charge in [0, 0.05) is 12.8 Å². The minimum Gasteiger partial charge on any atom is -0.376 e. The maximum atomic E-state index is 12.1. The van der Waals surface area contributed by atoms with Crippen LogP contribution < -0.4 is 10.6 Å². The van der Waals surface area contributed by atoms with Gasteiger partial charge < -0.3 is 15.4 Å². The second-order valence-electron chi connectivity index (χ2n) is 5.98. The van der Waals surface area contributed by atoms with Gasteiger partial charge in [0.1, 0.15) is 0 Å². The fraction of sp³-hybridized carbons (Fsp3) is 0.444. The zero-order valence-corrected chi connectivity index (χ0v) is 13.9. The number of carbonyl (C=O) groups is 1. The molecule has 2 amide bonds. The third-order valence-corrected chi connectivity index (χ3v) is 4.27. The summed E-state index contributed by atoms with van der Waals surface area (Å²) in [6.45, 7) is 3.25. The van der Waals surface area contributed by atoms with Crippen molar-refractivity contribution in [1.82, 2.24) is 20.4 Å². The zero-order chi connectivity index (χ0) is 16.8. The number of nitrogens with zero attached hydrogens (tertiary/aromatic N) is 2. The van der Waals surface area contributed by atoms with Crippen molar-refractivity contribution in [3.05, 3.63) is 48.3 Å². The van der Waals surface area contributed by atoms with Gasteiger partial charge in [-0.15, -0.1) is 0 Å². The molecule has 24 heavy (non-hydrogen) atoms. The van der Waals surface area contributed by atoms with Crippen molar-refractivity contribution in [2.45, 2.75) is 44.9 Å². The molecule has 0 radical (unpaired) electrons. The summed E-state index contributed by atoms with van der Waals surface area (Å²) in [7, 11) is 0. The molecule has 2 heterocycles. The van der Waals surface area contributed by atoms with Gasteiger partial charge in [-0.1, -0.05) is 25.1 Å². The molecule has 2 atom stereocenters. The fourth-order valence-corrected chi connectivity index (χ4v) is 2.95. The molecule has 128 valence electrons. The van der Waals surface area contributed by atoms with Gasteiger partial charge in [0.2, 0.25) is 0 Å². The van der Waals surface area contributed by atoms with E-state index in [0.717, 1.165) is 37.3 Å². The molecule has 1 fully saturated rings. The normalized spacial score (nSPS) is 18.3. The summed E-state index contributed by atoms with van der Waals surface area (Å²) >= 11 is 0. The van der Waals surface area contributed by atoms with E-state index in [1.54, 1.807) is 4.68 Å². The summed E-state index contributed by atoms with van der Waals surface area (Å²) in [4.78, 5) is 12.1. The first-order valence-electron chi connectivity index (χ1n) is 8.52. The molecule has 2 aromatic rings. The molecular formula is C18H24N4O2. The number of para-hydroxylation sites is 1. The molecule has 2 unspecified atom stereocenters. The van der Waals surface area contributed by atoms with Crippen LogP contribution in [0.3, 0.4) is 0 Å². The molecule has 1 aliphatic heterocycles. The predicted molar refractivity (Wildman–Crippen MR) is 92.0 cm³/mol. The number of amides is 2. The highest BCUT2D eigenvalue weighted by Gasteiger charge is 2.25. The van der Waals surface area contributed by atoms with Gasteiger partial charge in [0.15, 0.2) is 0 Å². The van der Waals surface area contributed by atoms with Gasteiger partial charge in [0.25, 0.3) is 0 Å². The van der Waals surface area contributed by atoms with Gasteiger partial charge in [0.05, 0.1) is 30.1 Å². The quantitative estimate of drug-likeness (QED) is 0.856. The standard InChI is InChI=1S/C18H24N4O2/c1-2-16(17-9-6-12-24-17)20-18(23)19-13-14-10-11-22(21-14)15-7-4-3-5-8-15/h3-5,7-8,10-11,16-17H,2,6,9,12-13H2,1H3,(H2,19,20,23). The maximum Gasteiger partial charge on any atom is 0.315 e. The van der Waals surface area contributed by atoms with Gasteiger partial charge >= 0.3 is 6.03 Å². The summed E-state index contributed by atoms with van der Waals surface area (Å²) in [6.07, 6.45) is 4.98. The summed E-state index contributed by atoms with van der Waals surface area (Å²) in [5.74, 6) is 0. The Balaban J connectivity index is 1.50. The van der Waals surface area contributed by atoms with E-state index in [0.29, 0.717) is 6.54 Å². The number of ether oxygens (including phenoxy) is 1. The van der Waals surface area contributed by atoms with Crippen LogP contribution in [-0.4, -0.2) is 34.6 Å². The number of hydrogen-bond acceptors (Lipinski definition) is 3. The second-order valence-corrected chi connectivity index (χ2v) is 5.98. The molecule has 2 N–H and O–H groups in total. The van der Waals surface area contributed by atoms with E-state index in [4.69, 9.17) is 4.74 Å². The number of nitrogens with one attached hydrogen (secondary N) is 2. The number of hydrogen-bond donors (Lipinski definition) is 2. The SMILES string of the molecule is CCC(NC(=O)NCc1ccn(-c2ccccc2)n1)C1CCCO1. The van der Waals surface area contributed by atoms with Crippen molar-refractivity contribution in [3.63, 3.8) is 0 Å². The van der Waals surface area contributed by atoms with Crippen LogP contribution >= 0.6 is 0 Å². The molecule has 0 spiro atoms. The van der Waals surface area contributed by atoms with Crippen LogP contribution in [0.5, 0.6) is 0 Å². The summed E-state index contributed by atoms with van der Waals surface area (Å²) in [5.41, 5.74) is 1.82. The molecule has 0 bridgehead atoms. The second kappa shape index (κ2) is 7.97. The molecule has 6 heteroatoms. The van der Waals surface area contributed by atoms with E-state index in [2.05, 4.69) is 22.7 Å². The molecule has 1 aromatic carbocycles. The van der Waals surface area contributed by atoms with Crippen molar-refractivity contribution in [1.29, 1.82) is 0 Å². The van der Waals surface area contributed by atoms with Crippen LogP contribution in [0.15, 0.2) is 42.6 Å². The van der Waals surface area contributed by atoms with Gasteiger partial charge in [-0.2, -0.15) is 5.10 Å². The average Bonchev–Trinajstić information content (AvgIpc) is 3.30. The molecule has 1 saturated heterocycles. The highest BCUT2D eigenvalue weighted by Crippen LogP contribution is 2.17. The third kappa shape index (κ3) is 4.14. The van der Waals surface area contributed by atoms with Gasteiger partial charge in [-0.3, -0.25) is 0 Å². The number of carbonyl (C=O) groups excluding carboxylic acids is 1. The summed E-state index contributed by atoms with van der Waals surface area (Å²) in [5, 5.41) is 10.4. The van der Waals surface area contributed by atoms with Crippen LogP contribution in [-0.2, 0) is 11.3 Å². The minimum atomic E-state index is -0.174. The molecule has 0 aliphatic carbocycles. The Bertz CT molecular complexity index is 650. The Kier molecular flexibility index (Phi) is 5.48. The highest BCUT2D eigenvalue weighted by atomic mass is 16.5. The van der Waals surface area contributed by atoms with Crippen molar-refractivity contribution in [2.24, 2.45) is 0 Å². The van der Waals surface area contributed by atoms with Crippen molar-refractivity contribution in [2.75, 3.05) is 6.61 Å². The Morgan fingerprint density at radius 1 is 1.38 bits per heavy atom. The number of urea groups is 1. The molecule has 6 nitrogen and oxygen atoms in total. The molecule has 1 aromatic heterocycles. The fourth-order valence-electron chi connectivity index (χ4n) is 2.95. The van der Waals surface area contributed by atoms with Crippen molar-refractivity contribution < 1.29 is 9.53 Å². The van der Waals surface area contributed by atoms with Gasteiger partial charge in [-0.05, 0) is 37.5 Å². The molecule has 3 rings (SSSR count). The first-order valence-corrected chi connectivity index (χ1v) is 8.52. The van der Waals surface area contributed by atoms with Crippen molar-refractivity contribution in [3.8, 4) is 5.69 Å². The summed E-state index contributed by atoms with van der Waals surface area (Å²) in [6, 6.07) is 11.7. The molecule has 0 saturated carbocycles. The number of aromatic nitrogens is 2. The first kappa shape index (κ1) is 16.5. The Morgan fingerprint density at radius 3 is 2.92 bits per heavy atom. The largest absolute Gasteiger partial charge is 0.376 e. The van der Waals surface area contributed by atoms with E-state index in [9.17, 15) is 4.79 Å². The lowest BCUT2D eigenvalue weighted by atomic mass is 10.1. The lowest BCUT2D eigenvalue weighted by molar-refractivity contribution is 0.0796. The highest BCUT2D eigenvalue weighted by molar-refractivity contribution is 5.74. The number of rotatable bonds is 6. The van der Waals surface area contributed by atoms with Crippen LogP contribution in [0.1, 0.15) is 31.9 Å². The topological polar surface area (TPSA) is 68.2 Å². The molecule has 1 aliphatic rings. The van der Waals surface area contributed by atoms with E-state index in [-0.39, 0.29) is 18.2 Å². The smallest absolute Gasteiger partial charge is 0.315 e. The zero-order valence-electron chi connectivity index (χ0n) is 13.9. The Labute approximate surface area is 142 Å². The molecular weight excluding hydrogens is 304 g/mol. The Morgan fingerprint density at radius 2 is 2.21 bits per heavy atom. The van der Waals surface area contributed by atoms with Crippen LogP contribution in [0.2, 0.25) is 0 Å². The lowest BCUT2D eigenvalue weighted by Crippen LogP contribution is -2.47. The maximum absolute atomic E-state index is 12.1. The minimum absolute atomic E-state index is 0.0642. The van der Waals surface area contributed by atoms with Crippen LogP contribution in [0.4, 0.5) is 4.79 Å². The Hall–Kier alpha value is -2.34. The lowest BCUT2D eigenvalue weighted by Gasteiger charge is -2.22. The van der Waals surface area contributed by atoms with Crippen molar-refractivity contribution >= 4 is 6.03 Å². The van der Waals surface area contributed by atoms with E-state index in [1.807, 2.05) is 42.6 Å². The predicted octanol–water partition coefficient (Wildman–Crippen LogP) is 2.63. The van der Waals surface area contributed by atoms with Gasteiger partial charge in [-0.25, -0.2) is 9.48 Å². The van der Waals surface area contributed by atoms with Crippen LogP contribution in [0, 0.1) is 0 Å².